The van der Waals surface area contributed by atoms with Crippen LogP contribution in [-0.2, 0) is 13.0 Å². The van der Waals surface area contributed by atoms with E-state index < -0.39 is 0 Å². The van der Waals surface area contributed by atoms with Gasteiger partial charge in [0.2, 0.25) is 0 Å². The Morgan fingerprint density at radius 1 is 1.19 bits per heavy atom. The second kappa shape index (κ2) is 5.96. The fourth-order valence-electron chi connectivity index (χ4n) is 3.55. The van der Waals surface area contributed by atoms with Gasteiger partial charge in [-0.05, 0) is 45.6 Å². The van der Waals surface area contributed by atoms with Crippen molar-refractivity contribution in [3.8, 4) is 0 Å². The first-order chi connectivity index (χ1) is 9.71. The highest BCUT2D eigenvalue weighted by molar-refractivity contribution is 5.98. The third-order valence-electron chi connectivity index (χ3n) is 4.59. The van der Waals surface area contributed by atoms with Gasteiger partial charge in [-0.1, -0.05) is 13.8 Å². The van der Waals surface area contributed by atoms with E-state index in [9.17, 15) is 4.79 Å². The lowest BCUT2D eigenvalue weighted by Crippen LogP contribution is -2.39. The quantitative estimate of drug-likeness (QED) is 0.825. The number of rotatable bonds is 5. The number of aromatic nitrogens is 1. The number of carbonyl (C=O) groups excluding carboxylic acids is 1. The molecule has 21 heavy (non-hydrogen) atoms. The molecule has 0 N–H and O–H groups in total. The Bertz CT molecular complexity index is 503. The SMILES string of the molecule is CC(C)N(CCn1ccc2c1CC(C)(C)CC2=O)C(C)C. The number of carbonyl (C=O) groups is 1. The van der Waals surface area contributed by atoms with E-state index in [2.05, 4.69) is 57.2 Å². The van der Waals surface area contributed by atoms with Gasteiger partial charge in [0.25, 0.3) is 0 Å². The van der Waals surface area contributed by atoms with Crippen molar-refractivity contribution in [2.45, 2.75) is 73.0 Å². The summed E-state index contributed by atoms with van der Waals surface area (Å²) >= 11 is 0. The number of hydrogen-bond donors (Lipinski definition) is 0. The van der Waals surface area contributed by atoms with Gasteiger partial charge in [-0.3, -0.25) is 9.69 Å². The van der Waals surface area contributed by atoms with Gasteiger partial charge in [-0.15, -0.1) is 0 Å². The molecule has 0 aromatic carbocycles. The zero-order valence-corrected chi connectivity index (χ0v) is 14.4. The van der Waals surface area contributed by atoms with Crippen molar-refractivity contribution >= 4 is 5.78 Å². The maximum atomic E-state index is 12.2. The minimum absolute atomic E-state index is 0.0932. The summed E-state index contributed by atoms with van der Waals surface area (Å²) in [6, 6.07) is 3.12. The molecule has 1 aromatic heterocycles. The number of fused-ring (bicyclic) bond motifs is 1. The molecule has 0 atom stereocenters. The maximum absolute atomic E-state index is 12.2. The van der Waals surface area contributed by atoms with Crippen LogP contribution in [-0.4, -0.2) is 33.9 Å². The summed E-state index contributed by atoms with van der Waals surface area (Å²) in [5, 5.41) is 0. The Morgan fingerprint density at radius 3 is 2.38 bits per heavy atom. The van der Waals surface area contributed by atoms with Crippen LogP contribution >= 0.6 is 0 Å². The molecule has 1 aromatic rings. The zero-order chi connectivity index (χ0) is 15.8. The van der Waals surface area contributed by atoms with Gasteiger partial charge in [0, 0.05) is 49.0 Å². The molecule has 0 saturated carbocycles. The lowest BCUT2D eigenvalue weighted by atomic mass is 9.76. The highest BCUT2D eigenvalue weighted by atomic mass is 16.1. The number of nitrogens with zero attached hydrogens (tertiary/aromatic N) is 2. The molecule has 1 aliphatic rings. The fraction of sp³-hybridized carbons (Fsp3) is 0.722. The molecule has 0 amide bonds. The molecule has 3 nitrogen and oxygen atoms in total. The maximum Gasteiger partial charge on any atom is 0.165 e. The molecule has 3 heteroatoms. The Morgan fingerprint density at radius 2 is 1.81 bits per heavy atom. The van der Waals surface area contributed by atoms with Crippen molar-refractivity contribution in [2.75, 3.05) is 6.54 Å². The molecule has 0 aliphatic heterocycles. The summed E-state index contributed by atoms with van der Waals surface area (Å²) < 4.78 is 2.30. The van der Waals surface area contributed by atoms with Gasteiger partial charge >= 0.3 is 0 Å². The molecule has 0 bridgehead atoms. The van der Waals surface area contributed by atoms with Crippen LogP contribution in [0.2, 0.25) is 0 Å². The van der Waals surface area contributed by atoms with Crippen LogP contribution < -0.4 is 0 Å². The smallest absolute Gasteiger partial charge is 0.165 e. The van der Waals surface area contributed by atoms with Gasteiger partial charge in [-0.25, -0.2) is 0 Å². The zero-order valence-electron chi connectivity index (χ0n) is 14.4. The van der Waals surface area contributed by atoms with Crippen LogP contribution in [0, 0.1) is 5.41 Å². The Kier molecular flexibility index (Phi) is 4.62. The lowest BCUT2D eigenvalue weighted by Gasteiger charge is -2.32. The third kappa shape index (κ3) is 3.57. The molecular formula is C18H30N2O. The number of hydrogen-bond acceptors (Lipinski definition) is 2. The summed E-state index contributed by atoms with van der Waals surface area (Å²) in [4.78, 5) is 14.7. The van der Waals surface area contributed by atoms with Crippen molar-refractivity contribution in [3.63, 3.8) is 0 Å². The van der Waals surface area contributed by atoms with Gasteiger partial charge < -0.3 is 4.57 Å². The summed E-state index contributed by atoms with van der Waals surface area (Å²) in [5.41, 5.74) is 2.29. The standard InChI is InChI=1S/C18H30N2O/c1-13(2)20(14(3)4)10-9-19-8-7-15-16(19)11-18(5,6)12-17(15)21/h7-8,13-14H,9-12H2,1-6H3. The predicted molar refractivity (Wildman–Crippen MR) is 87.8 cm³/mol. The van der Waals surface area contributed by atoms with Crippen LogP contribution in [0.3, 0.4) is 0 Å². The summed E-state index contributed by atoms with van der Waals surface area (Å²) in [6.07, 6.45) is 3.78. The molecule has 0 unspecified atom stereocenters. The van der Waals surface area contributed by atoms with Gasteiger partial charge in [0.15, 0.2) is 5.78 Å². The van der Waals surface area contributed by atoms with E-state index in [1.54, 1.807) is 0 Å². The van der Waals surface area contributed by atoms with E-state index in [0.717, 1.165) is 25.1 Å². The van der Waals surface area contributed by atoms with E-state index in [4.69, 9.17) is 0 Å². The average Bonchev–Trinajstić information content (AvgIpc) is 2.70. The molecule has 1 heterocycles. The Labute approximate surface area is 129 Å². The van der Waals surface area contributed by atoms with E-state index in [0.29, 0.717) is 24.3 Å². The van der Waals surface area contributed by atoms with E-state index in [1.807, 2.05) is 6.07 Å². The first-order valence-corrected chi connectivity index (χ1v) is 8.18. The van der Waals surface area contributed by atoms with E-state index >= 15 is 0 Å². The van der Waals surface area contributed by atoms with Crippen LogP contribution in [0.5, 0.6) is 0 Å². The van der Waals surface area contributed by atoms with Crippen molar-refractivity contribution in [1.29, 1.82) is 0 Å². The van der Waals surface area contributed by atoms with E-state index in [-0.39, 0.29) is 5.41 Å². The third-order valence-corrected chi connectivity index (χ3v) is 4.59. The predicted octanol–water partition coefficient (Wildman–Crippen LogP) is 3.76. The number of Topliss-reactive ketones (excluding diaryl/α,β-unsaturated/α-hetero) is 1. The van der Waals surface area contributed by atoms with Gasteiger partial charge in [0.1, 0.15) is 0 Å². The molecule has 118 valence electrons. The monoisotopic (exact) mass is 290 g/mol. The molecule has 2 rings (SSSR count). The van der Waals surface area contributed by atoms with Crippen LogP contribution in [0.4, 0.5) is 0 Å². The highest BCUT2D eigenvalue weighted by Crippen LogP contribution is 2.35. The second-order valence-corrected chi connectivity index (χ2v) is 7.74. The fourth-order valence-corrected chi connectivity index (χ4v) is 3.55. The largest absolute Gasteiger partial charge is 0.349 e. The van der Waals surface area contributed by atoms with Crippen LogP contribution in [0.25, 0.3) is 0 Å². The molecule has 0 radical (unpaired) electrons. The average molecular weight is 290 g/mol. The molecule has 1 aliphatic carbocycles. The number of ketones is 1. The second-order valence-electron chi connectivity index (χ2n) is 7.74. The Balaban J connectivity index is 2.15. The van der Waals surface area contributed by atoms with Gasteiger partial charge in [-0.2, -0.15) is 0 Å². The highest BCUT2D eigenvalue weighted by Gasteiger charge is 2.32. The summed E-state index contributed by atoms with van der Waals surface area (Å²) in [7, 11) is 0. The normalized spacial score (nSPS) is 17.9. The Hall–Kier alpha value is -1.09. The van der Waals surface area contributed by atoms with Crippen molar-refractivity contribution < 1.29 is 4.79 Å². The van der Waals surface area contributed by atoms with Crippen molar-refractivity contribution in [3.05, 3.63) is 23.5 Å². The molecule has 0 spiro atoms. The summed E-state index contributed by atoms with van der Waals surface area (Å²) in [5.74, 6) is 0.310. The molecular weight excluding hydrogens is 260 g/mol. The summed E-state index contributed by atoms with van der Waals surface area (Å²) in [6.45, 7) is 15.4. The topological polar surface area (TPSA) is 25.2 Å². The lowest BCUT2D eigenvalue weighted by molar-refractivity contribution is 0.0909. The molecule has 0 saturated heterocycles. The first-order valence-electron chi connectivity index (χ1n) is 8.18. The molecule has 0 fully saturated rings. The van der Waals surface area contributed by atoms with Crippen molar-refractivity contribution in [1.82, 2.24) is 9.47 Å². The minimum atomic E-state index is 0.0932. The minimum Gasteiger partial charge on any atom is -0.349 e. The van der Waals surface area contributed by atoms with E-state index in [1.165, 1.54) is 5.69 Å². The van der Waals surface area contributed by atoms with Crippen LogP contribution in [0.1, 0.15) is 64.0 Å². The van der Waals surface area contributed by atoms with Gasteiger partial charge in [0.05, 0.1) is 0 Å². The van der Waals surface area contributed by atoms with Crippen LogP contribution in [0.15, 0.2) is 12.3 Å². The first kappa shape index (κ1) is 16.3. The van der Waals surface area contributed by atoms with Crippen molar-refractivity contribution in [2.24, 2.45) is 5.41 Å².